The summed E-state index contributed by atoms with van der Waals surface area (Å²) < 4.78 is 13.7. The fraction of sp³-hybridized carbons (Fsp3) is 0.333. The Labute approximate surface area is 143 Å². The zero-order chi connectivity index (χ0) is 17.1. The van der Waals surface area contributed by atoms with E-state index in [0.717, 1.165) is 36.3 Å². The average Bonchev–Trinajstić information content (AvgIpc) is 2.94. The van der Waals surface area contributed by atoms with Gasteiger partial charge < -0.3 is 9.88 Å². The number of para-hydroxylation sites is 1. The Kier molecular flexibility index (Phi) is 5.00. The van der Waals surface area contributed by atoms with Crippen LogP contribution in [0, 0.1) is 5.82 Å². The van der Waals surface area contributed by atoms with E-state index in [9.17, 15) is 4.39 Å². The number of nitrogens with zero attached hydrogens (tertiary/aromatic N) is 1. The van der Waals surface area contributed by atoms with E-state index < -0.39 is 0 Å². The van der Waals surface area contributed by atoms with Crippen molar-refractivity contribution in [2.75, 3.05) is 13.1 Å². The lowest BCUT2D eigenvalue weighted by Crippen LogP contribution is -2.32. The lowest BCUT2D eigenvalue weighted by molar-refractivity contribution is 0.237. The third-order valence-corrected chi connectivity index (χ3v) is 4.71. The third kappa shape index (κ3) is 3.36. The Morgan fingerprint density at radius 2 is 1.88 bits per heavy atom. The molecule has 0 fully saturated rings. The SMILES string of the molecule is CCN(CCc1c(-c2cccc(F)c2)[nH]c2ccccc12)C(C)C. The standard InChI is InChI=1S/C21H25FN2/c1-4-24(15(2)3)13-12-19-18-10-5-6-11-20(18)23-21(19)16-8-7-9-17(22)14-16/h5-11,14-15,23H,4,12-13H2,1-3H3. The van der Waals surface area contributed by atoms with Gasteiger partial charge in [-0.25, -0.2) is 4.39 Å². The first-order valence-corrected chi connectivity index (χ1v) is 8.69. The van der Waals surface area contributed by atoms with Crippen LogP contribution in [0.15, 0.2) is 48.5 Å². The van der Waals surface area contributed by atoms with Gasteiger partial charge in [0.05, 0.1) is 0 Å². The van der Waals surface area contributed by atoms with Crippen molar-refractivity contribution >= 4 is 10.9 Å². The first-order valence-electron chi connectivity index (χ1n) is 8.69. The van der Waals surface area contributed by atoms with Crippen LogP contribution in [0.25, 0.3) is 22.2 Å². The molecular formula is C21H25FN2. The molecule has 0 saturated heterocycles. The van der Waals surface area contributed by atoms with Gasteiger partial charge in [-0.3, -0.25) is 0 Å². The zero-order valence-electron chi connectivity index (χ0n) is 14.6. The van der Waals surface area contributed by atoms with Crippen molar-refractivity contribution in [1.29, 1.82) is 0 Å². The molecule has 0 aliphatic heterocycles. The van der Waals surface area contributed by atoms with Gasteiger partial charge >= 0.3 is 0 Å². The number of likely N-dealkylation sites (N-methyl/N-ethyl adjacent to an activating group) is 1. The van der Waals surface area contributed by atoms with Gasteiger partial charge in [-0.1, -0.05) is 37.3 Å². The van der Waals surface area contributed by atoms with E-state index in [4.69, 9.17) is 0 Å². The maximum absolute atomic E-state index is 13.7. The van der Waals surface area contributed by atoms with Crippen LogP contribution in [-0.4, -0.2) is 29.0 Å². The largest absolute Gasteiger partial charge is 0.354 e. The van der Waals surface area contributed by atoms with E-state index in [1.807, 2.05) is 12.1 Å². The second kappa shape index (κ2) is 7.18. The Balaban J connectivity index is 2.02. The molecule has 0 saturated carbocycles. The number of H-pyrrole nitrogens is 1. The van der Waals surface area contributed by atoms with Gasteiger partial charge in [0, 0.05) is 34.7 Å². The molecule has 2 nitrogen and oxygen atoms in total. The first-order chi connectivity index (χ1) is 11.6. The van der Waals surface area contributed by atoms with Crippen LogP contribution >= 0.6 is 0 Å². The van der Waals surface area contributed by atoms with Gasteiger partial charge in [0.15, 0.2) is 0 Å². The molecule has 0 amide bonds. The average molecular weight is 324 g/mol. The summed E-state index contributed by atoms with van der Waals surface area (Å²) in [5, 5.41) is 1.23. The Hall–Kier alpha value is -2.13. The fourth-order valence-corrected chi connectivity index (χ4v) is 3.39. The van der Waals surface area contributed by atoms with Crippen molar-refractivity contribution in [2.24, 2.45) is 0 Å². The minimum Gasteiger partial charge on any atom is -0.354 e. The molecule has 0 atom stereocenters. The maximum atomic E-state index is 13.7. The number of rotatable bonds is 6. The molecule has 0 radical (unpaired) electrons. The Morgan fingerprint density at radius 1 is 1.08 bits per heavy atom. The summed E-state index contributed by atoms with van der Waals surface area (Å²) in [5.74, 6) is -0.200. The lowest BCUT2D eigenvalue weighted by Gasteiger charge is -2.24. The highest BCUT2D eigenvalue weighted by Crippen LogP contribution is 2.31. The van der Waals surface area contributed by atoms with Gasteiger partial charge in [-0.2, -0.15) is 0 Å². The highest BCUT2D eigenvalue weighted by molar-refractivity contribution is 5.90. The zero-order valence-corrected chi connectivity index (χ0v) is 14.6. The topological polar surface area (TPSA) is 19.0 Å². The molecule has 1 aromatic heterocycles. The van der Waals surface area contributed by atoms with E-state index in [0.29, 0.717) is 6.04 Å². The van der Waals surface area contributed by atoms with Gasteiger partial charge in [0.25, 0.3) is 0 Å². The van der Waals surface area contributed by atoms with Crippen LogP contribution in [-0.2, 0) is 6.42 Å². The van der Waals surface area contributed by atoms with E-state index in [-0.39, 0.29) is 5.82 Å². The second-order valence-electron chi connectivity index (χ2n) is 6.51. The quantitative estimate of drug-likeness (QED) is 0.656. The number of aromatic amines is 1. The van der Waals surface area contributed by atoms with E-state index in [2.05, 4.69) is 48.9 Å². The van der Waals surface area contributed by atoms with Crippen molar-refractivity contribution < 1.29 is 4.39 Å². The normalized spacial score (nSPS) is 11.8. The second-order valence-corrected chi connectivity index (χ2v) is 6.51. The summed E-state index contributed by atoms with van der Waals surface area (Å²) in [5.41, 5.74) is 4.33. The number of hydrogen-bond acceptors (Lipinski definition) is 1. The summed E-state index contributed by atoms with van der Waals surface area (Å²) in [4.78, 5) is 5.95. The van der Waals surface area contributed by atoms with E-state index in [1.165, 1.54) is 17.0 Å². The predicted molar refractivity (Wildman–Crippen MR) is 99.8 cm³/mol. The molecule has 0 bridgehead atoms. The Morgan fingerprint density at radius 3 is 2.58 bits per heavy atom. The summed E-state index contributed by atoms with van der Waals surface area (Å²) in [7, 11) is 0. The monoisotopic (exact) mass is 324 g/mol. The number of aromatic nitrogens is 1. The van der Waals surface area contributed by atoms with Gasteiger partial charge in [0.2, 0.25) is 0 Å². The van der Waals surface area contributed by atoms with Crippen molar-refractivity contribution in [1.82, 2.24) is 9.88 Å². The third-order valence-electron chi connectivity index (χ3n) is 4.71. The molecule has 0 aliphatic rings. The minimum atomic E-state index is -0.200. The van der Waals surface area contributed by atoms with E-state index in [1.54, 1.807) is 12.1 Å². The minimum absolute atomic E-state index is 0.200. The number of nitrogens with one attached hydrogen (secondary N) is 1. The Bertz CT molecular complexity index is 820. The van der Waals surface area contributed by atoms with Crippen LogP contribution in [0.1, 0.15) is 26.3 Å². The highest BCUT2D eigenvalue weighted by Gasteiger charge is 2.15. The van der Waals surface area contributed by atoms with Crippen molar-refractivity contribution in [3.63, 3.8) is 0 Å². The van der Waals surface area contributed by atoms with Crippen LogP contribution in [0.3, 0.4) is 0 Å². The van der Waals surface area contributed by atoms with Gasteiger partial charge in [0.1, 0.15) is 5.82 Å². The summed E-state index contributed by atoms with van der Waals surface area (Å²) >= 11 is 0. The molecule has 0 spiro atoms. The molecular weight excluding hydrogens is 299 g/mol. The molecule has 1 heterocycles. The van der Waals surface area contributed by atoms with Crippen LogP contribution in [0.2, 0.25) is 0 Å². The molecule has 3 heteroatoms. The summed E-state index contributed by atoms with van der Waals surface area (Å²) in [6.45, 7) is 8.69. The molecule has 2 aromatic carbocycles. The first kappa shape index (κ1) is 16.7. The molecule has 24 heavy (non-hydrogen) atoms. The maximum Gasteiger partial charge on any atom is 0.123 e. The van der Waals surface area contributed by atoms with Crippen LogP contribution in [0.4, 0.5) is 4.39 Å². The van der Waals surface area contributed by atoms with Crippen molar-refractivity contribution in [3.05, 3.63) is 59.9 Å². The number of hydrogen-bond donors (Lipinski definition) is 1. The number of halogens is 1. The molecule has 1 N–H and O–H groups in total. The van der Waals surface area contributed by atoms with Crippen LogP contribution in [0.5, 0.6) is 0 Å². The molecule has 3 rings (SSSR count). The molecule has 3 aromatic rings. The van der Waals surface area contributed by atoms with Gasteiger partial charge in [-0.15, -0.1) is 0 Å². The van der Waals surface area contributed by atoms with Crippen molar-refractivity contribution in [2.45, 2.75) is 33.2 Å². The summed E-state index contributed by atoms with van der Waals surface area (Å²) in [6, 6.07) is 15.7. The van der Waals surface area contributed by atoms with E-state index >= 15 is 0 Å². The van der Waals surface area contributed by atoms with Gasteiger partial charge in [-0.05, 0) is 50.6 Å². The highest BCUT2D eigenvalue weighted by atomic mass is 19.1. The molecule has 126 valence electrons. The number of benzene rings is 2. The molecule has 0 aliphatic carbocycles. The summed E-state index contributed by atoms with van der Waals surface area (Å²) in [6.07, 6.45) is 0.946. The smallest absolute Gasteiger partial charge is 0.123 e. The molecule has 0 unspecified atom stereocenters. The predicted octanol–water partition coefficient (Wildman–Crippen LogP) is 5.25. The lowest BCUT2D eigenvalue weighted by atomic mass is 10.0. The van der Waals surface area contributed by atoms with Crippen LogP contribution < -0.4 is 0 Å². The van der Waals surface area contributed by atoms with Crippen molar-refractivity contribution in [3.8, 4) is 11.3 Å². The fourth-order valence-electron chi connectivity index (χ4n) is 3.39. The number of fused-ring (bicyclic) bond motifs is 1.